The molecule has 0 aromatic heterocycles. The van der Waals surface area contributed by atoms with E-state index in [2.05, 4.69) is 0 Å². The Morgan fingerprint density at radius 2 is 1.11 bits per heavy atom. The smallest absolute Gasteiger partial charge is 0.115 e. The summed E-state index contributed by atoms with van der Waals surface area (Å²) in [6, 6.07) is 0. The largest absolute Gasteiger partial charge is 0.371 e. The van der Waals surface area contributed by atoms with Crippen molar-refractivity contribution in [1.82, 2.24) is 0 Å². The quantitative estimate of drug-likeness (QED) is 0.590. The molecule has 4 rings (SSSR count). The predicted octanol–water partition coefficient (Wildman–Crippen LogP) is -0.648. The molecule has 0 amide bonds. The summed E-state index contributed by atoms with van der Waals surface area (Å²) in [7, 11) is 0. The van der Waals surface area contributed by atoms with E-state index >= 15 is 0 Å². The van der Waals surface area contributed by atoms with Crippen molar-refractivity contribution in [1.29, 1.82) is 0 Å². The van der Waals surface area contributed by atoms with Gasteiger partial charge in [0.15, 0.2) is 0 Å². The second-order valence-corrected chi connectivity index (χ2v) is 5.25. The maximum atomic E-state index is 5.77. The van der Waals surface area contributed by atoms with Crippen LogP contribution in [0.3, 0.4) is 0 Å². The molecule has 0 spiro atoms. The van der Waals surface area contributed by atoms with Crippen LogP contribution in [0.2, 0.25) is 0 Å². The third-order valence-electron chi connectivity index (χ3n) is 3.76. The fourth-order valence-electron chi connectivity index (χ4n) is 2.51. The van der Waals surface area contributed by atoms with Crippen molar-refractivity contribution in [3.8, 4) is 0 Å². The van der Waals surface area contributed by atoms with E-state index in [9.17, 15) is 0 Å². The molecular formula is C12H18O6. The van der Waals surface area contributed by atoms with Gasteiger partial charge in [0.2, 0.25) is 0 Å². The Kier molecular flexibility index (Phi) is 3.02. The molecule has 4 heterocycles. The van der Waals surface area contributed by atoms with Crippen molar-refractivity contribution in [2.75, 3.05) is 39.6 Å². The van der Waals surface area contributed by atoms with Gasteiger partial charge in [-0.3, -0.25) is 0 Å². The fraction of sp³-hybridized carbons (Fsp3) is 1.00. The lowest BCUT2D eigenvalue weighted by Crippen LogP contribution is -2.35. The Labute approximate surface area is 105 Å². The summed E-state index contributed by atoms with van der Waals surface area (Å²) >= 11 is 0. The molecule has 18 heavy (non-hydrogen) atoms. The van der Waals surface area contributed by atoms with Gasteiger partial charge in [0, 0.05) is 0 Å². The summed E-state index contributed by atoms with van der Waals surface area (Å²) < 4.78 is 33.3. The minimum Gasteiger partial charge on any atom is -0.371 e. The van der Waals surface area contributed by atoms with Crippen molar-refractivity contribution in [3.63, 3.8) is 0 Å². The molecule has 0 aromatic carbocycles. The van der Waals surface area contributed by atoms with Gasteiger partial charge in [-0.2, -0.15) is 0 Å². The van der Waals surface area contributed by atoms with E-state index in [1.54, 1.807) is 0 Å². The van der Waals surface area contributed by atoms with Gasteiger partial charge in [-0.15, -0.1) is 0 Å². The molecule has 0 radical (unpaired) electrons. The topological polar surface area (TPSA) is 62.0 Å². The second kappa shape index (κ2) is 4.70. The Hall–Kier alpha value is -0.240. The van der Waals surface area contributed by atoms with Gasteiger partial charge in [0.25, 0.3) is 0 Å². The summed E-state index contributed by atoms with van der Waals surface area (Å²) in [5.41, 5.74) is 0. The molecule has 0 bridgehead atoms. The molecule has 6 nitrogen and oxygen atoms in total. The Bertz CT molecular complexity index is 273. The van der Waals surface area contributed by atoms with Crippen molar-refractivity contribution in [2.45, 2.75) is 36.6 Å². The maximum absolute atomic E-state index is 5.77. The van der Waals surface area contributed by atoms with E-state index in [-0.39, 0.29) is 36.6 Å². The molecule has 0 N–H and O–H groups in total. The van der Waals surface area contributed by atoms with Gasteiger partial charge in [0.1, 0.15) is 36.6 Å². The van der Waals surface area contributed by atoms with Gasteiger partial charge in [-0.05, 0) is 0 Å². The first-order valence-corrected chi connectivity index (χ1v) is 6.60. The third-order valence-corrected chi connectivity index (χ3v) is 3.76. The van der Waals surface area contributed by atoms with E-state index < -0.39 is 0 Å². The molecule has 4 fully saturated rings. The highest BCUT2D eigenvalue weighted by molar-refractivity contribution is 4.96. The fourth-order valence-corrected chi connectivity index (χ4v) is 2.51. The van der Waals surface area contributed by atoms with E-state index in [4.69, 9.17) is 28.4 Å². The maximum Gasteiger partial charge on any atom is 0.115 e. The van der Waals surface area contributed by atoms with E-state index in [1.807, 2.05) is 0 Å². The first-order chi connectivity index (χ1) is 8.90. The van der Waals surface area contributed by atoms with Crippen LogP contribution in [-0.2, 0) is 28.4 Å². The summed E-state index contributed by atoms with van der Waals surface area (Å²) in [6.07, 6.45) is 0.617. The van der Waals surface area contributed by atoms with Gasteiger partial charge in [-0.25, -0.2) is 0 Å². The van der Waals surface area contributed by atoms with Crippen molar-refractivity contribution in [3.05, 3.63) is 0 Å². The Morgan fingerprint density at radius 1 is 0.667 bits per heavy atom. The van der Waals surface area contributed by atoms with Crippen LogP contribution in [0.15, 0.2) is 0 Å². The van der Waals surface area contributed by atoms with E-state index in [1.165, 1.54) is 0 Å². The zero-order valence-electron chi connectivity index (χ0n) is 10.2. The Morgan fingerprint density at radius 3 is 1.50 bits per heavy atom. The van der Waals surface area contributed by atoms with Crippen LogP contribution in [0.4, 0.5) is 0 Å². The number of ether oxygens (including phenoxy) is 6. The minimum atomic E-state index is 0.00821. The first kappa shape index (κ1) is 11.6. The number of hydrogen-bond donors (Lipinski definition) is 0. The summed E-state index contributed by atoms with van der Waals surface area (Å²) in [4.78, 5) is 0. The van der Waals surface area contributed by atoms with Crippen molar-refractivity contribution in [2.24, 2.45) is 0 Å². The molecule has 5 unspecified atom stereocenters. The molecule has 0 saturated carbocycles. The van der Waals surface area contributed by atoms with Crippen molar-refractivity contribution < 1.29 is 28.4 Å². The zero-order chi connectivity index (χ0) is 11.9. The third kappa shape index (κ3) is 2.41. The van der Waals surface area contributed by atoms with E-state index in [0.29, 0.717) is 26.4 Å². The van der Waals surface area contributed by atoms with Crippen LogP contribution in [0.1, 0.15) is 0 Å². The van der Waals surface area contributed by atoms with Gasteiger partial charge < -0.3 is 28.4 Å². The molecule has 0 aromatic rings. The molecule has 4 aliphatic rings. The molecular weight excluding hydrogens is 240 g/mol. The van der Waals surface area contributed by atoms with Crippen LogP contribution in [0.5, 0.6) is 0 Å². The van der Waals surface area contributed by atoms with Gasteiger partial charge in [0.05, 0.1) is 39.6 Å². The predicted molar refractivity (Wildman–Crippen MR) is 58.4 cm³/mol. The average molecular weight is 258 g/mol. The number of fused-ring (bicyclic) bond motifs is 1. The minimum absolute atomic E-state index is 0.00821. The highest BCUT2D eigenvalue weighted by Gasteiger charge is 2.49. The zero-order valence-corrected chi connectivity index (χ0v) is 10.2. The molecule has 4 saturated heterocycles. The van der Waals surface area contributed by atoms with Crippen LogP contribution < -0.4 is 0 Å². The summed E-state index contributed by atoms with van der Waals surface area (Å²) in [6.45, 7) is 4.08. The standard InChI is InChI=1S/C12H18O6/c1-7(13-1)3-15-9-5-17-12-10(6-18-11(9)12)16-4-8-2-14-8/h7-12H,1-6H2/t7?,8?,9-,10?,11?,12?/m1/s1. The molecule has 6 heteroatoms. The monoisotopic (exact) mass is 258 g/mol. The van der Waals surface area contributed by atoms with Gasteiger partial charge >= 0.3 is 0 Å². The molecule has 0 aliphatic carbocycles. The SMILES string of the molecule is C1OC1COC1COC2C1OC[C@H]2OCC1CO1. The normalized spacial score (nSPS) is 49.3. The number of epoxide rings is 2. The van der Waals surface area contributed by atoms with Crippen LogP contribution in [-0.4, -0.2) is 76.3 Å². The van der Waals surface area contributed by atoms with Crippen LogP contribution in [0.25, 0.3) is 0 Å². The first-order valence-electron chi connectivity index (χ1n) is 6.60. The number of rotatable bonds is 6. The van der Waals surface area contributed by atoms with Crippen LogP contribution >= 0.6 is 0 Å². The van der Waals surface area contributed by atoms with E-state index in [0.717, 1.165) is 13.2 Å². The average Bonchev–Trinajstić information content (AvgIpc) is 3.28. The van der Waals surface area contributed by atoms with Crippen molar-refractivity contribution >= 4 is 0 Å². The highest BCUT2D eigenvalue weighted by Crippen LogP contribution is 2.31. The number of hydrogen-bond acceptors (Lipinski definition) is 6. The lowest BCUT2D eigenvalue weighted by Gasteiger charge is -2.16. The summed E-state index contributed by atoms with van der Waals surface area (Å²) in [5, 5.41) is 0. The molecule has 102 valence electrons. The molecule has 6 atom stereocenters. The lowest BCUT2D eigenvalue weighted by molar-refractivity contribution is -0.0541. The molecule has 4 aliphatic heterocycles. The lowest BCUT2D eigenvalue weighted by atomic mass is 10.1. The van der Waals surface area contributed by atoms with Crippen LogP contribution in [0, 0.1) is 0 Å². The Balaban J connectivity index is 1.27. The van der Waals surface area contributed by atoms with Gasteiger partial charge in [-0.1, -0.05) is 0 Å². The summed E-state index contributed by atoms with van der Waals surface area (Å²) in [5.74, 6) is 0. The highest BCUT2D eigenvalue weighted by atomic mass is 16.7. The second-order valence-electron chi connectivity index (χ2n) is 5.25.